The third-order valence-corrected chi connectivity index (χ3v) is 6.61. The largest absolute Gasteiger partial charge is 0.360 e. The van der Waals surface area contributed by atoms with Crippen molar-refractivity contribution in [2.75, 3.05) is 0 Å². The van der Waals surface area contributed by atoms with Crippen molar-refractivity contribution in [3.8, 4) is 0 Å². The Morgan fingerprint density at radius 3 is 1.55 bits per heavy atom. The maximum absolute atomic E-state index is 12.6. The highest BCUT2D eigenvalue weighted by molar-refractivity contribution is 6.09. The van der Waals surface area contributed by atoms with Gasteiger partial charge >= 0.3 is 5.97 Å². The zero-order chi connectivity index (χ0) is 24.5. The normalized spacial score (nSPS) is 15.7. The van der Waals surface area contributed by atoms with Gasteiger partial charge < -0.3 is 10.6 Å². The third-order valence-electron chi connectivity index (χ3n) is 6.61. The van der Waals surface area contributed by atoms with Crippen LogP contribution in [0.2, 0.25) is 0 Å². The van der Waals surface area contributed by atoms with Crippen LogP contribution >= 0.6 is 0 Å². The summed E-state index contributed by atoms with van der Waals surface area (Å²) in [5.41, 5.74) is 4.22. The minimum Gasteiger partial charge on any atom is -0.328 e. The van der Waals surface area contributed by atoms with E-state index in [1.807, 2.05) is 0 Å². The van der Waals surface area contributed by atoms with Gasteiger partial charge in [-0.2, -0.15) is 0 Å². The fourth-order valence-electron chi connectivity index (χ4n) is 4.16. The monoisotopic (exact) mass is 466 g/mol. The molecule has 0 radical (unpaired) electrons. The highest BCUT2D eigenvalue weighted by atomic mass is 16.7. The second-order valence-electron chi connectivity index (χ2n) is 9.41. The highest BCUT2D eigenvalue weighted by Gasteiger charge is 2.44. The van der Waals surface area contributed by atoms with Gasteiger partial charge in [-0.05, 0) is 12.8 Å². The molecule has 0 aliphatic carbocycles. The standard InChI is InChI=1S/C26H46N2O5/c1-3-5-6-7-8-9-10-11-12-13-14-15-16-17-18-19-22(29)26(27,4-2)25(32)33-28-23(30)20-21-24(28)31/h3-21,27H2,1-2H3. The first-order valence-corrected chi connectivity index (χ1v) is 13.3. The minimum atomic E-state index is -1.82. The lowest BCUT2D eigenvalue weighted by atomic mass is 9.89. The summed E-state index contributed by atoms with van der Waals surface area (Å²) in [6.07, 6.45) is 18.8. The minimum absolute atomic E-state index is 0.00286. The van der Waals surface area contributed by atoms with Gasteiger partial charge in [-0.25, -0.2) is 4.79 Å². The number of Topliss-reactive ketones (excluding diaryl/α,β-unsaturated/α-hetero) is 1. The molecule has 0 aromatic heterocycles. The van der Waals surface area contributed by atoms with Crippen LogP contribution in [0.25, 0.3) is 0 Å². The Morgan fingerprint density at radius 1 is 0.758 bits per heavy atom. The van der Waals surface area contributed by atoms with Gasteiger partial charge in [0.1, 0.15) is 0 Å². The van der Waals surface area contributed by atoms with Gasteiger partial charge in [0.15, 0.2) is 11.3 Å². The fraction of sp³-hybridized carbons (Fsp3) is 0.846. The first kappa shape index (κ1) is 29.3. The average molecular weight is 467 g/mol. The van der Waals surface area contributed by atoms with Crippen LogP contribution in [0.5, 0.6) is 0 Å². The van der Waals surface area contributed by atoms with Crippen LogP contribution in [0.1, 0.15) is 136 Å². The second-order valence-corrected chi connectivity index (χ2v) is 9.41. The molecule has 2 N–H and O–H groups in total. The molecule has 0 aromatic rings. The molecular formula is C26H46N2O5. The van der Waals surface area contributed by atoms with Crippen LogP contribution in [-0.4, -0.2) is 34.2 Å². The van der Waals surface area contributed by atoms with Gasteiger partial charge in [-0.1, -0.05) is 104 Å². The number of hydrogen-bond donors (Lipinski definition) is 1. The van der Waals surface area contributed by atoms with Gasteiger partial charge in [0.25, 0.3) is 11.8 Å². The van der Waals surface area contributed by atoms with Gasteiger partial charge in [0.05, 0.1) is 0 Å². The van der Waals surface area contributed by atoms with E-state index in [0.29, 0.717) is 11.5 Å². The molecule has 7 nitrogen and oxygen atoms in total. The summed E-state index contributed by atoms with van der Waals surface area (Å²) in [6, 6.07) is 0. The number of carbonyl (C=O) groups excluding carboxylic acids is 4. The molecule has 1 aliphatic rings. The quantitative estimate of drug-likeness (QED) is 0.144. The molecule has 1 fully saturated rings. The van der Waals surface area contributed by atoms with E-state index in [4.69, 9.17) is 10.6 Å². The van der Waals surface area contributed by atoms with Crippen LogP contribution < -0.4 is 5.73 Å². The first-order chi connectivity index (χ1) is 15.9. The van der Waals surface area contributed by atoms with E-state index in [9.17, 15) is 19.2 Å². The number of hydroxylamine groups is 2. The summed E-state index contributed by atoms with van der Waals surface area (Å²) in [4.78, 5) is 53.2. The highest BCUT2D eigenvalue weighted by Crippen LogP contribution is 2.20. The molecule has 0 saturated carbocycles. The summed E-state index contributed by atoms with van der Waals surface area (Å²) in [6.45, 7) is 3.88. The van der Waals surface area contributed by atoms with Crippen molar-refractivity contribution in [3.05, 3.63) is 0 Å². The molecule has 2 amide bonds. The summed E-state index contributed by atoms with van der Waals surface area (Å²) in [5, 5.41) is 0.445. The lowest BCUT2D eigenvalue weighted by Gasteiger charge is -2.25. The van der Waals surface area contributed by atoms with Gasteiger partial charge in [0, 0.05) is 19.3 Å². The number of amides is 2. The molecule has 1 atom stereocenters. The van der Waals surface area contributed by atoms with Crippen molar-refractivity contribution in [2.45, 2.75) is 141 Å². The van der Waals surface area contributed by atoms with Crippen molar-refractivity contribution in [1.82, 2.24) is 5.06 Å². The maximum Gasteiger partial charge on any atom is 0.360 e. The van der Waals surface area contributed by atoms with E-state index in [0.717, 1.165) is 19.3 Å². The van der Waals surface area contributed by atoms with Gasteiger partial charge in [-0.3, -0.25) is 14.4 Å². The van der Waals surface area contributed by atoms with Crippen LogP contribution in [0.4, 0.5) is 0 Å². The predicted octanol–water partition coefficient (Wildman–Crippen LogP) is 5.53. The lowest BCUT2D eigenvalue weighted by Crippen LogP contribution is -2.57. The van der Waals surface area contributed by atoms with Crippen molar-refractivity contribution < 1.29 is 24.0 Å². The molecule has 1 unspecified atom stereocenters. The van der Waals surface area contributed by atoms with E-state index in [1.54, 1.807) is 6.92 Å². The van der Waals surface area contributed by atoms with E-state index in [-0.39, 0.29) is 25.7 Å². The number of hydrogen-bond acceptors (Lipinski definition) is 6. The molecule has 0 bridgehead atoms. The number of imide groups is 1. The van der Waals surface area contributed by atoms with Crippen molar-refractivity contribution in [2.24, 2.45) is 5.73 Å². The Bertz CT molecular complexity index is 606. The average Bonchev–Trinajstić information content (AvgIpc) is 3.12. The van der Waals surface area contributed by atoms with Gasteiger partial charge in [0.2, 0.25) is 0 Å². The number of rotatable bonds is 20. The Hall–Kier alpha value is -1.76. The first-order valence-electron chi connectivity index (χ1n) is 13.3. The Kier molecular flexibility index (Phi) is 14.9. The molecule has 0 aromatic carbocycles. The van der Waals surface area contributed by atoms with E-state index in [2.05, 4.69) is 6.92 Å². The topological polar surface area (TPSA) is 107 Å². The SMILES string of the molecule is CCCCCCCCCCCCCCCCCC(=O)C(N)(CC)C(=O)ON1C(=O)CCC1=O. The van der Waals surface area contributed by atoms with Crippen LogP contribution in [0, 0.1) is 0 Å². The number of unbranched alkanes of at least 4 members (excludes halogenated alkanes) is 14. The van der Waals surface area contributed by atoms with Crippen LogP contribution in [0.3, 0.4) is 0 Å². The summed E-state index contributed by atoms with van der Waals surface area (Å²) in [5.74, 6) is -2.59. The second kappa shape index (κ2) is 16.8. The molecular weight excluding hydrogens is 420 g/mol. The fourth-order valence-corrected chi connectivity index (χ4v) is 4.16. The van der Waals surface area contributed by atoms with Crippen molar-refractivity contribution in [1.29, 1.82) is 0 Å². The zero-order valence-electron chi connectivity index (χ0n) is 21.0. The number of nitrogens with two attached hydrogens (primary N) is 1. The molecule has 1 saturated heterocycles. The summed E-state index contributed by atoms with van der Waals surface area (Å²) >= 11 is 0. The summed E-state index contributed by atoms with van der Waals surface area (Å²) < 4.78 is 0. The molecule has 7 heteroatoms. The van der Waals surface area contributed by atoms with E-state index < -0.39 is 29.1 Å². The third kappa shape index (κ3) is 10.8. The number of nitrogens with zero attached hydrogens (tertiary/aromatic N) is 1. The molecule has 190 valence electrons. The zero-order valence-corrected chi connectivity index (χ0v) is 21.0. The predicted molar refractivity (Wildman–Crippen MR) is 129 cm³/mol. The number of carbonyl (C=O) groups is 4. The smallest absolute Gasteiger partial charge is 0.328 e. The Balaban J connectivity index is 2.10. The van der Waals surface area contributed by atoms with Crippen LogP contribution in [-0.2, 0) is 24.0 Å². The van der Waals surface area contributed by atoms with Gasteiger partial charge in [-0.15, -0.1) is 5.06 Å². The van der Waals surface area contributed by atoms with E-state index in [1.165, 1.54) is 70.6 Å². The molecule has 1 heterocycles. The van der Waals surface area contributed by atoms with Crippen molar-refractivity contribution >= 4 is 23.6 Å². The van der Waals surface area contributed by atoms with Crippen LogP contribution in [0.15, 0.2) is 0 Å². The number of ketones is 1. The summed E-state index contributed by atoms with van der Waals surface area (Å²) in [7, 11) is 0. The molecule has 0 spiro atoms. The Morgan fingerprint density at radius 2 is 1.15 bits per heavy atom. The molecule has 33 heavy (non-hydrogen) atoms. The molecule has 1 rings (SSSR count). The Labute approximate surface area is 200 Å². The lowest BCUT2D eigenvalue weighted by molar-refractivity contribution is -0.201. The molecule has 1 aliphatic heterocycles. The van der Waals surface area contributed by atoms with E-state index >= 15 is 0 Å². The maximum atomic E-state index is 12.6. The van der Waals surface area contributed by atoms with Crippen molar-refractivity contribution in [3.63, 3.8) is 0 Å².